The van der Waals surface area contributed by atoms with Crippen LogP contribution in [-0.4, -0.2) is 23.9 Å². The van der Waals surface area contributed by atoms with E-state index in [4.69, 9.17) is 0 Å². The lowest BCUT2D eigenvalue weighted by Crippen LogP contribution is -2.28. The number of hydrogen-bond acceptors (Lipinski definition) is 1. The number of hydrogen-bond donors (Lipinski definition) is 0. The zero-order chi connectivity index (χ0) is 14.8. The molecule has 0 aromatic heterocycles. The van der Waals surface area contributed by atoms with Crippen LogP contribution in [0.2, 0.25) is 0 Å². The highest BCUT2D eigenvalue weighted by Crippen LogP contribution is 2.30. The molecule has 2 aromatic carbocycles. The highest BCUT2D eigenvalue weighted by atomic mass is 79.9. The Hall–Kier alpha value is -1.13. The van der Waals surface area contributed by atoms with Crippen molar-refractivity contribution >= 4 is 37.8 Å². The third-order valence-corrected chi connectivity index (χ3v) is 5.06. The summed E-state index contributed by atoms with van der Waals surface area (Å²) >= 11 is 6.89. The van der Waals surface area contributed by atoms with E-state index in [1.807, 2.05) is 29.2 Å². The van der Waals surface area contributed by atoms with Gasteiger partial charge in [-0.25, -0.2) is 0 Å². The molecule has 1 unspecified atom stereocenters. The first-order valence-electron chi connectivity index (χ1n) is 6.94. The standard InChI is InChI=1S/C17H15Br2NO/c18-14-6-7-15(16(19)10-14)17(21)20-9-8-13(11-20)12-4-2-1-3-5-12/h1-7,10,13H,8-9,11H2. The first kappa shape index (κ1) is 14.8. The van der Waals surface area contributed by atoms with Crippen molar-refractivity contribution < 1.29 is 4.79 Å². The average Bonchev–Trinajstić information content (AvgIpc) is 2.97. The molecule has 108 valence electrons. The molecule has 1 heterocycles. The Bertz CT molecular complexity index is 657. The number of nitrogens with zero attached hydrogens (tertiary/aromatic N) is 1. The van der Waals surface area contributed by atoms with Crippen LogP contribution in [-0.2, 0) is 0 Å². The predicted octanol–water partition coefficient (Wildman–Crippen LogP) is 4.84. The van der Waals surface area contributed by atoms with Gasteiger partial charge in [-0.1, -0.05) is 46.3 Å². The summed E-state index contributed by atoms with van der Waals surface area (Å²) in [5, 5.41) is 0. The van der Waals surface area contributed by atoms with Gasteiger partial charge in [0.25, 0.3) is 5.91 Å². The lowest BCUT2D eigenvalue weighted by Gasteiger charge is -2.17. The van der Waals surface area contributed by atoms with E-state index in [-0.39, 0.29) is 5.91 Å². The van der Waals surface area contributed by atoms with Crippen molar-refractivity contribution in [3.05, 3.63) is 68.6 Å². The van der Waals surface area contributed by atoms with Gasteiger partial charge in [0.2, 0.25) is 0 Å². The maximum atomic E-state index is 12.6. The molecule has 1 aliphatic rings. The summed E-state index contributed by atoms with van der Waals surface area (Å²) < 4.78 is 1.81. The van der Waals surface area contributed by atoms with Gasteiger partial charge in [0.1, 0.15) is 0 Å². The van der Waals surface area contributed by atoms with E-state index in [0.29, 0.717) is 5.92 Å². The van der Waals surface area contributed by atoms with Crippen LogP contribution in [0.3, 0.4) is 0 Å². The van der Waals surface area contributed by atoms with Crippen molar-refractivity contribution in [3.63, 3.8) is 0 Å². The van der Waals surface area contributed by atoms with Gasteiger partial charge in [0, 0.05) is 28.0 Å². The number of amides is 1. The summed E-state index contributed by atoms with van der Waals surface area (Å²) in [5.41, 5.74) is 2.05. The zero-order valence-electron chi connectivity index (χ0n) is 11.4. The van der Waals surface area contributed by atoms with Gasteiger partial charge in [0.05, 0.1) is 5.56 Å². The van der Waals surface area contributed by atoms with E-state index in [2.05, 4.69) is 56.1 Å². The highest BCUT2D eigenvalue weighted by molar-refractivity contribution is 9.11. The summed E-state index contributed by atoms with van der Waals surface area (Å²) in [6.45, 7) is 1.62. The minimum atomic E-state index is 0.104. The molecule has 1 fully saturated rings. The Labute approximate surface area is 141 Å². The van der Waals surface area contributed by atoms with Gasteiger partial charge in [-0.15, -0.1) is 0 Å². The Kier molecular flexibility index (Phi) is 4.45. The molecular weight excluding hydrogens is 394 g/mol. The molecule has 4 heteroatoms. The minimum absolute atomic E-state index is 0.104. The summed E-state index contributed by atoms with van der Waals surface area (Å²) in [5.74, 6) is 0.553. The van der Waals surface area contributed by atoms with Gasteiger partial charge >= 0.3 is 0 Å². The highest BCUT2D eigenvalue weighted by Gasteiger charge is 2.28. The predicted molar refractivity (Wildman–Crippen MR) is 91.5 cm³/mol. The van der Waals surface area contributed by atoms with Crippen LogP contribution in [0.4, 0.5) is 0 Å². The topological polar surface area (TPSA) is 20.3 Å². The zero-order valence-corrected chi connectivity index (χ0v) is 14.6. The van der Waals surface area contributed by atoms with Crippen LogP contribution in [0.15, 0.2) is 57.5 Å². The van der Waals surface area contributed by atoms with Gasteiger partial charge in [-0.2, -0.15) is 0 Å². The number of carbonyl (C=O) groups is 1. The smallest absolute Gasteiger partial charge is 0.255 e. The van der Waals surface area contributed by atoms with Crippen LogP contribution in [0.5, 0.6) is 0 Å². The monoisotopic (exact) mass is 407 g/mol. The van der Waals surface area contributed by atoms with Crippen molar-refractivity contribution in [1.82, 2.24) is 4.90 Å². The molecule has 0 aliphatic carbocycles. The Balaban J connectivity index is 1.75. The van der Waals surface area contributed by atoms with Crippen molar-refractivity contribution in [2.45, 2.75) is 12.3 Å². The first-order valence-corrected chi connectivity index (χ1v) is 8.53. The van der Waals surface area contributed by atoms with Crippen molar-refractivity contribution in [2.24, 2.45) is 0 Å². The molecule has 0 N–H and O–H groups in total. The van der Waals surface area contributed by atoms with Gasteiger partial charge in [0.15, 0.2) is 0 Å². The maximum absolute atomic E-state index is 12.6. The summed E-state index contributed by atoms with van der Waals surface area (Å²) in [7, 11) is 0. The largest absolute Gasteiger partial charge is 0.338 e. The number of rotatable bonds is 2. The molecular formula is C17H15Br2NO. The average molecular weight is 409 g/mol. The van der Waals surface area contributed by atoms with E-state index in [0.717, 1.165) is 34.0 Å². The molecule has 2 nitrogen and oxygen atoms in total. The fourth-order valence-electron chi connectivity index (χ4n) is 2.78. The van der Waals surface area contributed by atoms with Crippen LogP contribution in [0.25, 0.3) is 0 Å². The molecule has 0 saturated carbocycles. The maximum Gasteiger partial charge on any atom is 0.255 e. The quantitative estimate of drug-likeness (QED) is 0.696. The molecule has 1 atom stereocenters. The first-order chi connectivity index (χ1) is 10.1. The molecule has 0 radical (unpaired) electrons. The van der Waals surface area contributed by atoms with Crippen LogP contribution in [0.1, 0.15) is 28.3 Å². The molecule has 1 aliphatic heterocycles. The molecule has 21 heavy (non-hydrogen) atoms. The molecule has 1 amide bonds. The van der Waals surface area contributed by atoms with E-state index in [1.165, 1.54) is 5.56 Å². The fourth-order valence-corrected chi connectivity index (χ4v) is 3.99. The second-order valence-corrected chi connectivity index (χ2v) is 7.04. The number of halogens is 2. The molecule has 3 rings (SSSR count). The normalized spacial score (nSPS) is 18.0. The van der Waals surface area contributed by atoms with Crippen LogP contribution in [0, 0.1) is 0 Å². The lowest BCUT2D eigenvalue weighted by molar-refractivity contribution is 0.0790. The van der Waals surface area contributed by atoms with Crippen LogP contribution >= 0.6 is 31.9 Å². The van der Waals surface area contributed by atoms with Gasteiger partial charge in [-0.3, -0.25) is 4.79 Å². The molecule has 0 spiro atoms. The van der Waals surface area contributed by atoms with E-state index in [9.17, 15) is 4.79 Å². The Morgan fingerprint density at radius 3 is 2.57 bits per heavy atom. The minimum Gasteiger partial charge on any atom is -0.338 e. The third kappa shape index (κ3) is 3.22. The van der Waals surface area contributed by atoms with Crippen LogP contribution < -0.4 is 0 Å². The Morgan fingerprint density at radius 2 is 1.86 bits per heavy atom. The molecule has 2 aromatic rings. The summed E-state index contributed by atoms with van der Waals surface area (Å²) in [6.07, 6.45) is 1.03. The second-order valence-electron chi connectivity index (χ2n) is 5.27. The SMILES string of the molecule is O=C(c1ccc(Br)cc1Br)N1CCC(c2ccccc2)C1. The lowest BCUT2D eigenvalue weighted by atomic mass is 9.99. The number of benzene rings is 2. The van der Waals surface area contributed by atoms with Crippen molar-refractivity contribution in [1.29, 1.82) is 0 Å². The van der Waals surface area contributed by atoms with E-state index < -0.39 is 0 Å². The second kappa shape index (κ2) is 6.32. The summed E-state index contributed by atoms with van der Waals surface area (Å²) in [6, 6.07) is 16.1. The molecule has 0 bridgehead atoms. The van der Waals surface area contributed by atoms with Crippen molar-refractivity contribution in [2.75, 3.05) is 13.1 Å². The third-order valence-electron chi connectivity index (χ3n) is 3.91. The number of carbonyl (C=O) groups excluding carboxylic acids is 1. The van der Waals surface area contributed by atoms with Gasteiger partial charge < -0.3 is 4.90 Å². The van der Waals surface area contributed by atoms with E-state index >= 15 is 0 Å². The molecule has 1 saturated heterocycles. The summed E-state index contributed by atoms with van der Waals surface area (Å²) in [4.78, 5) is 14.6. The van der Waals surface area contributed by atoms with Gasteiger partial charge in [-0.05, 0) is 46.1 Å². The van der Waals surface area contributed by atoms with E-state index in [1.54, 1.807) is 0 Å². The number of likely N-dealkylation sites (tertiary alicyclic amines) is 1. The van der Waals surface area contributed by atoms with Crippen molar-refractivity contribution in [3.8, 4) is 0 Å². The fraction of sp³-hybridized carbons (Fsp3) is 0.235. The Morgan fingerprint density at radius 1 is 1.10 bits per heavy atom.